The minimum absolute atomic E-state index is 0. The predicted octanol–water partition coefficient (Wildman–Crippen LogP) is 3.35. The molecule has 1 aromatic carbocycles. The van der Waals surface area contributed by atoms with Crippen molar-refractivity contribution in [2.75, 3.05) is 26.3 Å². The van der Waals surface area contributed by atoms with Crippen molar-refractivity contribution in [2.45, 2.75) is 39.0 Å². The number of aryl methyl sites for hydroxylation is 1. The summed E-state index contributed by atoms with van der Waals surface area (Å²) in [5, 5.41) is 3.16. The highest BCUT2D eigenvalue weighted by molar-refractivity contribution is 14.0. The van der Waals surface area contributed by atoms with E-state index in [1.165, 1.54) is 18.4 Å². The van der Waals surface area contributed by atoms with E-state index in [0.29, 0.717) is 5.96 Å². The predicted molar refractivity (Wildman–Crippen MR) is 105 cm³/mol. The highest BCUT2D eigenvalue weighted by atomic mass is 127. The maximum atomic E-state index is 5.79. The van der Waals surface area contributed by atoms with E-state index in [0.717, 1.165) is 45.6 Å². The molecule has 0 heterocycles. The van der Waals surface area contributed by atoms with Gasteiger partial charge in [-0.3, -0.25) is 4.99 Å². The van der Waals surface area contributed by atoms with Gasteiger partial charge in [0.15, 0.2) is 5.96 Å². The molecule has 0 unspecified atom stereocenters. The van der Waals surface area contributed by atoms with Crippen LogP contribution in [0.1, 0.15) is 38.2 Å². The topological polar surface area (TPSA) is 59.6 Å². The van der Waals surface area contributed by atoms with E-state index in [1.807, 2.05) is 6.92 Å². The average Bonchev–Trinajstić information content (AvgIpc) is 2.51. The molecular weight excluding hydrogens is 389 g/mol. The van der Waals surface area contributed by atoms with E-state index >= 15 is 0 Å². The third-order valence-corrected chi connectivity index (χ3v) is 3.22. The van der Waals surface area contributed by atoms with Crippen molar-refractivity contribution in [3.8, 4) is 0 Å². The summed E-state index contributed by atoms with van der Waals surface area (Å²) in [6.45, 7) is 5.15. The van der Waals surface area contributed by atoms with E-state index in [9.17, 15) is 0 Å². The van der Waals surface area contributed by atoms with E-state index < -0.39 is 0 Å². The third-order valence-electron chi connectivity index (χ3n) is 3.22. The van der Waals surface area contributed by atoms with Gasteiger partial charge in [-0.15, -0.1) is 24.0 Å². The fraction of sp³-hybridized carbons (Fsp3) is 0.588. The lowest BCUT2D eigenvalue weighted by molar-refractivity contribution is 0.146. The van der Waals surface area contributed by atoms with Gasteiger partial charge in [-0.25, -0.2) is 0 Å². The smallest absolute Gasteiger partial charge is 0.188 e. The molecule has 0 spiro atoms. The molecule has 0 aliphatic carbocycles. The first kappa shape index (κ1) is 21.2. The van der Waals surface area contributed by atoms with Crippen LogP contribution in [-0.2, 0) is 11.2 Å². The number of nitrogens with zero attached hydrogens (tertiary/aromatic N) is 1. The third kappa shape index (κ3) is 11.8. The minimum Gasteiger partial charge on any atom is -0.382 e. The summed E-state index contributed by atoms with van der Waals surface area (Å²) in [7, 11) is 0. The Kier molecular flexibility index (Phi) is 14.5. The van der Waals surface area contributed by atoms with Crippen LogP contribution in [0.4, 0.5) is 0 Å². The number of halogens is 1. The number of nitrogens with one attached hydrogen (secondary N) is 1. The second-order valence-electron chi connectivity index (χ2n) is 5.04. The van der Waals surface area contributed by atoms with Gasteiger partial charge in [-0.1, -0.05) is 36.8 Å². The second kappa shape index (κ2) is 15.1. The molecule has 0 aliphatic heterocycles. The molecule has 0 atom stereocenters. The highest BCUT2D eigenvalue weighted by Crippen LogP contribution is 2.05. The molecule has 0 fully saturated rings. The van der Waals surface area contributed by atoms with Gasteiger partial charge < -0.3 is 15.8 Å². The molecule has 1 aromatic rings. The van der Waals surface area contributed by atoms with Crippen molar-refractivity contribution in [2.24, 2.45) is 10.7 Å². The van der Waals surface area contributed by atoms with Gasteiger partial charge >= 0.3 is 0 Å². The number of aliphatic imine (C=N–C) groups is 1. The number of ether oxygens (including phenoxy) is 1. The van der Waals surface area contributed by atoms with Gasteiger partial charge in [0.25, 0.3) is 0 Å². The maximum absolute atomic E-state index is 5.79. The first-order valence-corrected chi connectivity index (χ1v) is 7.98. The van der Waals surface area contributed by atoms with Crippen LogP contribution in [0.5, 0.6) is 0 Å². The molecular formula is C17H30IN3O. The number of rotatable bonds is 11. The summed E-state index contributed by atoms with van der Waals surface area (Å²) < 4.78 is 5.25. The Morgan fingerprint density at radius 3 is 2.64 bits per heavy atom. The highest BCUT2D eigenvalue weighted by Gasteiger charge is 1.94. The van der Waals surface area contributed by atoms with Gasteiger partial charge in [0.05, 0.1) is 0 Å². The first-order valence-electron chi connectivity index (χ1n) is 7.98. The fourth-order valence-corrected chi connectivity index (χ4v) is 2.06. The standard InChI is InChI=1S/C17H29N3O.HI/c1-2-21-15-9-14-20-17(18)19-13-8-4-7-12-16-10-5-3-6-11-16;/h3,5-6,10-11H,2,4,7-9,12-15H2,1H3,(H3,18,19,20);1H. The van der Waals surface area contributed by atoms with E-state index in [2.05, 4.69) is 40.6 Å². The molecule has 5 heteroatoms. The zero-order valence-corrected chi connectivity index (χ0v) is 15.9. The monoisotopic (exact) mass is 419 g/mol. The SMILES string of the molecule is CCOCCCN=C(N)NCCCCCc1ccccc1.I. The summed E-state index contributed by atoms with van der Waals surface area (Å²) in [6, 6.07) is 10.6. The Morgan fingerprint density at radius 2 is 1.91 bits per heavy atom. The van der Waals surface area contributed by atoms with E-state index in [-0.39, 0.29) is 24.0 Å². The lowest BCUT2D eigenvalue weighted by Crippen LogP contribution is -2.32. The summed E-state index contributed by atoms with van der Waals surface area (Å²) in [6.07, 6.45) is 5.63. The van der Waals surface area contributed by atoms with Crippen LogP contribution >= 0.6 is 24.0 Å². The fourth-order valence-electron chi connectivity index (χ4n) is 2.06. The van der Waals surface area contributed by atoms with Crippen molar-refractivity contribution in [1.82, 2.24) is 5.32 Å². The Morgan fingerprint density at radius 1 is 1.14 bits per heavy atom. The van der Waals surface area contributed by atoms with Crippen LogP contribution in [0, 0.1) is 0 Å². The Labute approximate surface area is 151 Å². The lowest BCUT2D eigenvalue weighted by atomic mass is 10.1. The number of unbranched alkanes of at least 4 members (excludes halogenated alkanes) is 2. The van der Waals surface area contributed by atoms with Crippen LogP contribution in [0.25, 0.3) is 0 Å². The van der Waals surface area contributed by atoms with Crippen molar-refractivity contribution in [3.63, 3.8) is 0 Å². The molecule has 4 nitrogen and oxygen atoms in total. The van der Waals surface area contributed by atoms with Crippen LogP contribution in [0.2, 0.25) is 0 Å². The molecule has 126 valence electrons. The molecule has 0 amide bonds. The molecule has 0 bridgehead atoms. The van der Waals surface area contributed by atoms with Crippen LogP contribution in [0.15, 0.2) is 35.3 Å². The molecule has 0 saturated heterocycles. The minimum atomic E-state index is 0. The summed E-state index contributed by atoms with van der Waals surface area (Å²) in [5.41, 5.74) is 7.21. The molecule has 22 heavy (non-hydrogen) atoms. The number of hydrogen-bond donors (Lipinski definition) is 2. The number of nitrogens with two attached hydrogens (primary N) is 1. The van der Waals surface area contributed by atoms with Gasteiger partial charge in [0.1, 0.15) is 0 Å². The van der Waals surface area contributed by atoms with Gasteiger partial charge in [0, 0.05) is 26.3 Å². The zero-order chi connectivity index (χ0) is 15.2. The summed E-state index contributed by atoms with van der Waals surface area (Å²) >= 11 is 0. The average molecular weight is 419 g/mol. The normalized spacial score (nSPS) is 11.0. The van der Waals surface area contributed by atoms with E-state index in [1.54, 1.807) is 0 Å². The number of hydrogen-bond acceptors (Lipinski definition) is 2. The largest absolute Gasteiger partial charge is 0.382 e. The quantitative estimate of drug-likeness (QED) is 0.250. The molecule has 3 N–H and O–H groups in total. The summed E-state index contributed by atoms with van der Waals surface area (Å²) in [4.78, 5) is 4.26. The maximum Gasteiger partial charge on any atom is 0.188 e. The molecule has 0 saturated carbocycles. The second-order valence-corrected chi connectivity index (χ2v) is 5.04. The first-order chi connectivity index (χ1) is 10.3. The molecule has 0 aromatic heterocycles. The molecule has 0 aliphatic rings. The van der Waals surface area contributed by atoms with Crippen molar-refractivity contribution in [3.05, 3.63) is 35.9 Å². The van der Waals surface area contributed by atoms with Crippen LogP contribution in [-0.4, -0.2) is 32.3 Å². The van der Waals surface area contributed by atoms with Gasteiger partial charge in [0.2, 0.25) is 0 Å². The Bertz CT molecular complexity index is 385. The Balaban J connectivity index is 0.00000441. The van der Waals surface area contributed by atoms with Gasteiger partial charge in [-0.2, -0.15) is 0 Å². The van der Waals surface area contributed by atoms with Crippen molar-refractivity contribution < 1.29 is 4.74 Å². The van der Waals surface area contributed by atoms with Crippen LogP contribution < -0.4 is 11.1 Å². The molecule has 0 radical (unpaired) electrons. The van der Waals surface area contributed by atoms with Crippen LogP contribution in [0.3, 0.4) is 0 Å². The Hall–Kier alpha value is -0.820. The van der Waals surface area contributed by atoms with Crippen molar-refractivity contribution >= 4 is 29.9 Å². The number of guanidine groups is 1. The zero-order valence-electron chi connectivity index (χ0n) is 13.6. The molecule has 1 rings (SSSR count). The number of benzene rings is 1. The van der Waals surface area contributed by atoms with Crippen molar-refractivity contribution in [1.29, 1.82) is 0 Å². The lowest BCUT2D eigenvalue weighted by Gasteiger charge is -2.06. The van der Waals surface area contributed by atoms with E-state index in [4.69, 9.17) is 10.5 Å². The van der Waals surface area contributed by atoms with Gasteiger partial charge in [-0.05, 0) is 38.2 Å². The summed E-state index contributed by atoms with van der Waals surface area (Å²) in [5.74, 6) is 0.551.